The van der Waals surface area contributed by atoms with Crippen molar-refractivity contribution in [2.75, 3.05) is 13.1 Å². The summed E-state index contributed by atoms with van der Waals surface area (Å²) in [5.74, 6) is -0.777. The molecule has 0 saturated carbocycles. The molecule has 8 heteroatoms. The third-order valence-corrected chi connectivity index (χ3v) is 3.94. The molecule has 1 aromatic carbocycles. The second-order valence-electron chi connectivity index (χ2n) is 5.53. The topological polar surface area (TPSA) is 66.6 Å². The van der Waals surface area contributed by atoms with Gasteiger partial charge in [-0.25, -0.2) is 0 Å². The molecule has 0 aromatic heterocycles. The normalized spacial score (nSPS) is 19.1. The lowest BCUT2D eigenvalue weighted by atomic mass is 9.90. The van der Waals surface area contributed by atoms with Gasteiger partial charge in [0.25, 0.3) is 5.69 Å². The second-order valence-corrected chi connectivity index (χ2v) is 5.53. The zero-order chi connectivity index (χ0) is 16.3. The second kappa shape index (κ2) is 6.62. The molecule has 2 rings (SSSR count). The Morgan fingerprint density at radius 1 is 1.36 bits per heavy atom. The van der Waals surface area contributed by atoms with Crippen LogP contribution < -0.4 is 0 Å². The van der Waals surface area contributed by atoms with Crippen LogP contribution in [0.3, 0.4) is 0 Å². The summed E-state index contributed by atoms with van der Waals surface area (Å²) in [5.41, 5.74) is 0.754. The molecule has 1 saturated heterocycles. The first-order valence-corrected chi connectivity index (χ1v) is 6.98. The molecule has 0 amide bonds. The van der Waals surface area contributed by atoms with Crippen molar-refractivity contribution in [2.24, 2.45) is 5.92 Å². The molecule has 1 atom stereocenters. The van der Waals surface area contributed by atoms with Crippen LogP contribution in [0.4, 0.5) is 18.9 Å². The van der Waals surface area contributed by atoms with Crippen molar-refractivity contribution in [3.8, 4) is 0 Å². The van der Waals surface area contributed by atoms with Gasteiger partial charge >= 0.3 is 6.18 Å². The highest BCUT2D eigenvalue weighted by Gasteiger charge is 2.44. The van der Waals surface area contributed by atoms with Gasteiger partial charge in [0.05, 0.1) is 4.92 Å². The molecule has 1 heterocycles. The quantitative estimate of drug-likeness (QED) is 0.685. The summed E-state index contributed by atoms with van der Waals surface area (Å²) in [6.07, 6.45) is -6.33. The van der Waals surface area contributed by atoms with Gasteiger partial charge in [0, 0.05) is 18.7 Å². The number of piperidine rings is 1. The molecule has 0 spiro atoms. The van der Waals surface area contributed by atoms with E-state index in [9.17, 15) is 28.4 Å². The monoisotopic (exact) mass is 318 g/mol. The van der Waals surface area contributed by atoms with Gasteiger partial charge < -0.3 is 5.11 Å². The van der Waals surface area contributed by atoms with E-state index in [2.05, 4.69) is 0 Å². The van der Waals surface area contributed by atoms with E-state index in [0.29, 0.717) is 19.6 Å². The number of likely N-dealkylation sites (tertiary alicyclic amines) is 1. The third-order valence-electron chi connectivity index (χ3n) is 3.94. The largest absolute Gasteiger partial charge is 0.414 e. The lowest BCUT2D eigenvalue weighted by Crippen LogP contribution is -2.43. The SMILES string of the molecule is O=[N+]([O-])c1cccc(CN2CCC(C(O)C(F)(F)F)CC2)c1. The summed E-state index contributed by atoms with van der Waals surface area (Å²) in [6.45, 7) is 1.32. The lowest BCUT2D eigenvalue weighted by molar-refractivity contribution is -0.384. The standard InChI is InChI=1S/C14H17F3N2O3/c15-14(16,17)13(20)11-4-6-18(7-5-11)9-10-2-1-3-12(8-10)19(21)22/h1-3,8,11,13,20H,4-7,9H2. The zero-order valence-corrected chi connectivity index (χ0v) is 11.8. The number of halogens is 3. The lowest BCUT2D eigenvalue weighted by Gasteiger charge is -2.34. The van der Waals surface area contributed by atoms with Gasteiger partial charge in [-0.3, -0.25) is 15.0 Å². The first kappa shape index (κ1) is 16.7. The number of hydrogen-bond acceptors (Lipinski definition) is 4. The first-order valence-electron chi connectivity index (χ1n) is 6.98. The third kappa shape index (κ3) is 4.17. The first-order chi connectivity index (χ1) is 10.3. The van der Waals surface area contributed by atoms with Crippen LogP contribution in [0.2, 0.25) is 0 Å². The van der Waals surface area contributed by atoms with Crippen molar-refractivity contribution < 1.29 is 23.2 Å². The van der Waals surface area contributed by atoms with Crippen molar-refractivity contribution >= 4 is 5.69 Å². The summed E-state index contributed by atoms with van der Waals surface area (Å²) in [7, 11) is 0. The molecule has 0 radical (unpaired) electrons. The van der Waals surface area contributed by atoms with E-state index in [0.717, 1.165) is 5.56 Å². The Labute approximate surface area is 125 Å². The smallest absolute Gasteiger partial charge is 0.383 e. The average molecular weight is 318 g/mol. The van der Waals surface area contributed by atoms with E-state index in [1.165, 1.54) is 12.1 Å². The van der Waals surface area contributed by atoms with Crippen LogP contribution in [0.5, 0.6) is 0 Å². The van der Waals surface area contributed by atoms with E-state index in [-0.39, 0.29) is 18.5 Å². The highest BCUT2D eigenvalue weighted by molar-refractivity contribution is 5.34. The van der Waals surface area contributed by atoms with Crippen LogP contribution in [0.25, 0.3) is 0 Å². The number of non-ortho nitro benzene ring substituents is 1. The van der Waals surface area contributed by atoms with E-state index in [1.807, 2.05) is 4.90 Å². The number of hydrogen-bond donors (Lipinski definition) is 1. The minimum Gasteiger partial charge on any atom is -0.383 e. The Bertz CT molecular complexity index is 528. The average Bonchev–Trinajstić information content (AvgIpc) is 2.46. The maximum atomic E-state index is 12.5. The number of nitrogens with zero attached hydrogens (tertiary/aromatic N) is 2. The van der Waals surface area contributed by atoms with Crippen LogP contribution >= 0.6 is 0 Å². The minimum absolute atomic E-state index is 0.000111. The Morgan fingerprint density at radius 2 is 2.00 bits per heavy atom. The molecule has 1 aromatic rings. The number of rotatable bonds is 4. The van der Waals surface area contributed by atoms with Gasteiger partial charge in [0.15, 0.2) is 6.10 Å². The van der Waals surface area contributed by atoms with Gasteiger partial charge in [-0.15, -0.1) is 0 Å². The van der Waals surface area contributed by atoms with Crippen molar-refractivity contribution in [3.63, 3.8) is 0 Å². The highest BCUT2D eigenvalue weighted by atomic mass is 19.4. The fourth-order valence-corrected chi connectivity index (χ4v) is 2.72. The Balaban J connectivity index is 1.90. The molecule has 0 aliphatic carbocycles. The fourth-order valence-electron chi connectivity index (χ4n) is 2.72. The van der Waals surface area contributed by atoms with Crippen LogP contribution in [-0.2, 0) is 6.54 Å². The zero-order valence-electron chi connectivity index (χ0n) is 11.8. The summed E-state index contributed by atoms with van der Waals surface area (Å²) >= 11 is 0. The summed E-state index contributed by atoms with van der Waals surface area (Å²) in [6, 6.07) is 6.21. The van der Waals surface area contributed by atoms with Crippen molar-refractivity contribution in [2.45, 2.75) is 31.7 Å². The molecular formula is C14H17F3N2O3. The van der Waals surface area contributed by atoms with Crippen LogP contribution in [-0.4, -0.2) is 40.3 Å². The fraction of sp³-hybridized carbons (Fsp3) is 0.571. The predicted octanol–water partition coefficient (Wildman–Crippen LogP) is 2.73. The maximum absolute atomic E-state index is 12.5. The van der Waals surface area contributed by atoms with Crippen LogP contribution in [0.15, 0.2) is 24.3 Å². The molecular weight excluding hydrogens is 301 g/mol. The number of aliphatic hydroxyl groups excluding tert-OH is 1. The molecule has 1 N–H and O–H groups in total. The molecule has 0 bridgehead atoms. The molecule has 1 unspecified atom stereocenters. The number of nitro benzene ring substituents is 1. The van der Waals surface area contributed by atoms with Crippen molar-refractivity contribution in [1.29, 1.82) is 0 Å². The summed E-state index contributed by atoms with van der Waals surface area (Å²) in [5, 5.41) is 20.0. The Kier molecular flexibility index (Phi) is 5.02. The van der Waals surface area contributed by atoms with Crippen LogP contribution in [0.1, 0.15) is 18.4 Å². The van der Waals surface area contributed by atoms with Crippen LogP contribution in [0, 0.1) is 16.0 Å². The van der Waals surface area contributed by atoms with Gasteiger partial charge in [-0.1, -0.05) is 12.1 Å². The molecule has 1 fully saturated rings. The summed E-state index contributed by atoms with van der Waals surface area (Å²) in [4.78, 5) is 12.2. The van der Waals surface area contributed by atoms with E-state index < -0.39 is 23.1 Å². The van der Waals surface area contributed by atoms with E-state index in [4.69, 9.17) is 0 Å². The van der Waals surface area contributed by atoms with E-state index in [1.54, 1.807) is 12.1 Å². The Hall–Kier alpha value is -1.67. The highest BCUT2D eigenvalue weighted by Crippen LogP contribution is 2.32. The van der Waals surface area contributed by atoms with E-state index >= 15 is 0 Å². The maximum Gasteiger partial charge on any atom is 0.414 e. The van der Waals surface area contributed by atoms with Crippen molar-refractivity contribution in [1.82, 2.24) is 4.90 Å². The predicted molar refractivity (Wildman–Crippen MR) is 73.2 cm³/mol. The molecule has 1 aliphatic heterocycles. The Morgan fingerprint density at radius 3 is 2.55 bits per heavy atom. The number of aliphatic hydroxyl groups is 1. The number of benzene rings is 1. The number of alkyl halides is 3. The molecule has 5 nitrogen and oxygen atoms in total. The van der Waals surface area contributed by atoms with Gasteiger partial charge in [-0.2, -0.15) is 13.2 Å². The summed E-state index contributed by atoms with van der Waals surface area (Å²) < 4.78 is 37.4. The van der Waals surface area contributed by atoms with Gasteiger partial charge in [0.2, 0.25) is 0 Å². The van der Waals surface area contributed by atoms with Gasteiger partial charge in [-0.05, 0) is 37.4 Å². The molecule has 22 heavy (non-hydrogen) atoms. The molecule has 122 valence electrons. The minimum atomic E-state index is -4.58. The molecule has 1 aliphatic rings. The van der Waals surface area contributed by atoms with Gasteiger partial charge in [0.1, 0.15) is 0 Å². The number of nitro groups is 1. The van der Waals surface area contributed by atoms with Crippen molar-refractivity contribution in [3.05, 3.63) is 39.9 Å².